The van der Waals surface area contributed by atoms with E-state index >= 15 is 0 Å². The maximum Gasteiger partial charge on any atom is 0.308 e. The van der Waals surface area contributed by atoms with Gasteiger partial charge in [-0.05, 0) is 12.8 Å². The van der Waals surface area contributed by atoms with E-state index in [-0.39, 0.29) is 11.9 Å². The molecule has 7 nitrogen and oxygen atoms in total. The molecule has 3 unspecified atom stereocenters. The largest absolute Gasteiger partial charge is 0.481 e. The predicted molar refractivity (Wildman–Crippen MR) is 67.0 cm³/mol. The zero-order valence-electron chi connectivity index (χ0n) is 10.7. The third-order valence-corrected chi connectivity index (χ3v) is 3.53. The number of nitrogens with one attached hydrogen (secondary N) is 1. The van der Waals surface area contributed by atoms with Gasteiger partial charge in [0, 0.05) is 24.8 Å². The third kappa shape index (κ3) is 2.93. The number of carboxylic acids is 1. The minimum atomic E-state index is -0.863. The smallest absolute Gasteiger partial charge is 0.308 e. The van der Waals surface area contributed by atoms with Crippen molar-refractivity contribution in [2.24, 2.45) is 18.7 Å². The molecule has 0 aromatic carbocycles. The van der Waals surface area contributed by atoms with E-state index in [9.17, 15) is 9.59 Å². The van der Waals surface area contributed by atoms with Crippen molar-refractivity contribution in [2.75, 3.05) is 0 Å². The molecular formula is C12H18N4O3. The van der Waals surface area contributed by atoms with Gasteiger partial charge in [0.15, 0.2) is 0 Å². The van der Waals surface area contributed by atoms with Crippen LogP contribution in [0.2, 0.25) is 0 Å². The summed E-state index contributed by atoms with van der Waals surface area (Å²) in [6.45, 7) is 0. The summed E-state index contributed by atoms with van der Waals surface area (Å²) >= 11 is 0. The van der Waals surface area contributed by atoms with E-state index in [0.29, 0.717) is 18.4 Å². The van der Waals surface area contributed by atoms with Crippen LogP contribution in [0.3, 0.4) is 0 Å². The maximum absolute atomic E-state index is 12.0. The molecule has 0 aliphatic heterocycles. The van der Waals surface area contributed by atoms with Crippen molar-refractivity contribution in [1.29, 1.82) is 0 Å². The van der Waals surface area contributed by atoms with Crippen LogP contribution in [0.25, 0.3) is 0 Å². The summed E-state index contributed by atoms with van der Waals surface area (Å²) in [5, 5.41) is 15.8. The first-order valence-corrected chi connectivity index (χ1v) is 6.26. The van der Waals surface area contributed by atoms with Crippen LogP contribution in [-0.4, -0.2) is 32.8 Å². The van der Waals surface area contributed by atoms with Crippen molar-refractivity contribution in [3.05, 3.63) is 18.0 Å². The standard InChI is InChI=1S/C12H18N4O3/c1-16-6-7(5-14-16)10(13)11(17)15-9-4-2-3-8(9)12(18)19/h5-6,8-10H,2-4,13H2,1H3,(H,15,17)(H,18,19). The van der Waals surface area contributed by atoms with Crippen LogP contribution >= 0.6 is 0 Å². The number of carbonyl (C=O) groups is 2. The van der Waals surface area contributed by atoms with Gasteiger partial charge >= 0.3 is 5.97 Å². The Morgan fingerprint density at radius 2 is 2.32 bits per heavy atom. The van der Waals surface area contributed by atoms with Crippen LogP contribution in [-0.2, 0) is 16.6 Å². The number of aliphatic carboxylic acids is 1. The normalized spacial score (nSPS) is 24.1. The van der Waals surface area contributed by atoms with Crippen molar-refractivity contribution in [3.8, 4) is 0 Å². The molecule has 0 spiro atoms. The lowest BCUT2D eigenvalue weighted by Gasteiger charge is -2.19. The van der Waals surface area contributed by atoms with Gasteiger partial charge in [-0.3, -0.25) is 14.3 Å². The number of rotatable bonds is 4. The van der Waals surface area contributed by atoms with Gasteiger partial charge in [-0.25, -0.2) is 0 Å². The molecule has 1 aromatic heterocycles. The Kier molecular flexibility index (Phi) is 3.84. The van der Waals surface area contributed by atoms with Gasteiger partial charge in [-0.2, -0.15) is 5.10 Å². The first-order valence-electron chi connectivity index (χ1n) is 6.26. The molecule has 7 heteroatoms. The van der Waals surface area contributed by atoms with Crippen LogP contribution in [0.15, 0.2) is 12.4 Å². The van der Waals surface area contributed by atoms with Gasteiger partial charge in [0.1, 0.15) is 6.04 Å². The highest BCUT2D eigenvalue weighted by Crippen LogP contribution is 2.26. The summed E-state index contributed by atoms with van der Waals surface area (Å²) in [7, 11) is 1.74. The molecule has 1 aliphatic rings. The van der Waals surface area contributed by atoms with E-state index in [1.54, 1.807) is 17.9 Å². The fraction of sp³-hybridized carbons (Fsp3) is 0.583. The van der Waals surface area contributed by atoms with Crippen molar-refractivity contribution in [1.82, 2.24) is 15.1 Å². The Balaban J connectivity index is 1.99. The maximum atomic E-state index is 12.0. The highest BCUT2D eigenvalue weighted by molar-refractivity contribution is 5.84. The molecule has 3 atom stereocenters. The molecule has 1 aliphatic carbocycles. The van der Waals surface area contributed by atoms with E-state index in [0.717, 1.165) is 6.42 Å². The Morgan fingerprint density at radius 3 is 2.89 bits per heavy atom. The Labute approximate surface area is 110 Å². The Bertz CT molecular complexity index is 485. The fourth-order valence-corrected chi connectivity index (χ4v) is 2.45. The van der Waals surface area contributed by atoms with Gasteiger partial charge in [0.25, 0.3) is 0 Å². The van der Waals surface area contributed by atoms with Crippen LogP contribution < -0.4 is 11.1 Å². The number of aryl methyl sites for hydroxylation is 1. The van der Waals surface area contributed by atoms with E-state index in [4.69, 9.17) is 10.8 Å². The zero-order valence-corrected chi connectivity index (χ0v) is 10.7. The predicted octanol–water partition coefficient (Wildman–Crippen LogP) is -0.211. The fourth-order valence-electron chi connectivity index (χ4n) is 2.45. The minimum Gasteiger partial charge on any atom is -0.481 e. The molecular weight excluding hydrogens is 248 g/mol. The van der Waals surface area contributed by atoms with Crippen molar-refractivity contribution < 1.29 is 14.7 Å². The summed E-state index contributed by atoms with van der Waals surface area (Å²) in [4.78, 5) is 23.1. The Hall–Kier alpha value is -1.89. The monoisotopic (exact) mass is 266 g/mol. The molecule has 19 heavy (non-hydrogen) atoms. The lowest BCUT2D eigenvalue weighted by Crippen LogP contribution is -2.44. The second-order valence-corrected chi connectivity index (χ2v) is 4.92. The number of aromatic nitrogens is 2. The summed E-state index contributed by atoms with van der Waals surface area (Å²) < 4.78 is 1.57. The number of carboxylic acid groups (broad SMARTS) is 1. The molecule has 104 valence electrons. The van der Waals surface area contributed by atoms with Crippen LogP contribution in [0.1, 0.15) is 30.9 Å². The van der Waals surface area contributed by atoms with E-state index in [2.05, 4.69) is 10.4 Å². The van der Waals surface area contributed by atoms with Crippen LogP contribution in [0.4, 0.5) is 0 Å². The first-order chi connectivity index (χ1) is 8.99. The van der Waals surface area contributed by atoms with Crippen molar-refractivity contribution in [3.63, 3.8) is 0 Å². The summed E-state index contributed by atoms with van der Waals surface area (Å²) in [5.41, 5.74) is 6.45. The first kappa shape index (κ1) is 13.5. The molecule has 0 saturated heterocycles. The third-order valence-electron chi connectivity index (χ3n) is 3.53. The van der Waals surface area contributed by atoms with Gasteiger partial charge in [0.2, 0.25) is 5.91 Å². The molecule has 1 saturated carbocycles. The van der Waals surface area contributed by atoms with Crippen LogP contribution in [0, 0.1) is 5.92 Å². The number of nitrogens with two attached hydrogens (primary N) is 1. The zero-order chi connectivity index (χ0) is 14.0. The molecule has 1 amide bonds. The van der Waals surface area contributed by atoms with Gasteiger partial charge in [0.05, 0.1) is 12.1 Å². The number of carbonyl (C=O) groups excluding carboxylic acids is 1. The Morgan fingerprint density at radius 1 is 1.58 bits per heavy atom. The lowest BCUT2D eigenvalue weighted by molar-refractivity contribution is -0.142. The van der Waals surface area contributed by atoms with E-state index in [1.165, 1.54) is 6.20 Å². The molecule has 1 fully saturated rings. The second kappa shape index (κ2) is 5.40. The quantitative estimate of drug-likeness (QED) is 0.698. The average Bonchev–Trinajstić information content (AvgIpc) is 2.97. The summed E-state index contributed by atoms with van der Waals surface area (Å²) in [6.07, 6.45) is 5.30. The van der Waals surface area contributed by atoms with Gasteiger partial charge < -0.3 is 16.2 Å². The summed E-state index contributed by atoms with van der Waals surface area (Å²) in [6, 6.07) is -1.14. The average molecular weight is 266 g/mol. The molecule has 4 N–H and O–H groups in total. The number of amides is 1. The highest BCUT2D eigenvalue weighted by atomic mass is 16.4. The van der Waals surface area contributed by atoms with Gasteiger partial charge in [-0.1, -0.05) is 6.42 Å². The lowest BCUT2D eigenvalue weighted by atomic mass is 10.0. The van der Waals surface area contributed by atoms with Crippen LogP contribution in [0.5, 0.6) is 0 Å². The van der Waals surface area contributed by atoms with Gasteiger partial charge in [-0.15, -0.1) is 0 Å². The second-order valence-electron chi connectivity index (χ2n) is 4.92. The molecule has 1 aromatic rings. The molecule has 1 heterocycles. The molecule has 2 rings (SSSR count). The van der Waals surface area contributed by atoms with Crippen molar-refractivity contribution >= 4 is 11.9 Å². The van der Waals surface area contributed by atoms with E-state index in [1.807, 2.05) is 0 Å². The molecule has 0 radical (unpaired) electrons. The highest BCUT2D eigenvalue weighted by Gasteiger charge is 2.34. The number of nitrogens with zero attached hydrogens (tertiary/aromatic N) is 2. The van der Waals surface area contributed by atoms with Crippen molar-refractivity contribution in [2.45, 2.75) is 31.3 Å². The SMILES string of the molecule is Cn1cc(C(N)C(=O)NC2CCCC2C(=O)O)cn1. The number of hydrogen-bond donors (Lipinski definition) is 3. The van der Waals surface area contributed by atoms with E-state index < -0.39 is 17.9 Å². The minimum absolute atomic E-state index is 0.326. The topological polar surface area (TPSA) is 110 Å². The molecule has 0 bridgehead atoms. The summed E-state index contributed by atoms with van der Waals surface area (Å²) in [5.74, 6) is -1.73. The number of hydrogen-bond acceptors (Lipinski definition) is 4.